The Morgan fingerprint density at radius 2 is 2.19 bits per heavy atom. The number of alkyl halides is 1. The van der Waals surface area contributed by atoms with Crippen LogP contribution in [-0.2, 0) is 4.79 Å². The maximum absolute atomic E-state index is 14.3. The first-order valence-corrected chi connectivity index (χ1v) is 5.98. The quantitative estimate of drug-likeness (QED) is 0.920. The second-order valence-corrected chi connectivity index (χ2v) is 5.15. The first-order valence-electron chi connectivity index (χ1n) is 5.19. The Morgan fingerprint density at radius 1 is 1.50 bits per heavy atom. The maximum atomic E-state index is 14.3. The molecule has 1 aromatic rings. The monoisotopic (exact) mass is 286 g/mol. The number of benzene rings is 1. The van der Waals surface area contributed by atoms with Crippen molar-refractivity contribution in [2.75, 3.05) is 0 Å². The lowest BCUT2D eigenvalue weighted by Crippen LogP contribution is -2.41. The Hall–Kier alpha value is -0.900. The van der Waals surface area contributed by atoms with Crippen molar-refractivity contribution in [3.05, 3.63) is 34.3 Å². The van der Waals surface area contributed by atoms with Crippen LogP contribution in [0, 0.1) is 5.41 Å². The van der Waals surface area contributed by atoms with Crippen LogP contribution in [0.1, 0.15) is 31.0 Å². The molecule has 1 aliphatic rings. The van der Waals surface area contributed by atoms with E-state index in [4.69, 9.17) is 5.11 Å². The van der Waals surface area contributed by atoms with E-state index < -0.39 is 17.6 Å². The lowest BCUT2D eigenvalue weighted by Gasteiger charge is -2.40. The van der Waals surface area contributed by atoms with Crippen molar-refractivity contribution in [3.8, 4) is 0 Å². The molecule has 0 aliphatic heterocycles. The number of hydrogen-bond acceptors (Lipinski definition) is 1. The summed E-state index contributed by atoms with van der Waals surface area (Å²) in [6.45, 7) is 0. The number of carboxylic acid groups (broad SMARTS) is 1. The SMILES string of the molecule is O=C(O)C1(C(F)c2cccc(Br)c2)CCC1. The van der Waals surface area contributed by atoms with Crippen molar-refractivity contribution in [2.24, 2.45) is 5.41 Å². The highest BCUT2D eigenvalue weighted by atomic mass is 79.9. The summed E-state index contributed by atoms with van der Waals surface area (Å²) >= 11 is 3.26. The van der Waals surface area contributed by atoms with Crippen molar-refractivity contribution >= 4 is 21.9 Å². The standard InChI is InChI=1S/C12H12BrFO2/c13-9-4-1-3-8(7-9)10(14)12(11(15)16)5-2-6-12/h1,3-4,7,10H,2,5-6H2,(H,15,16). The first-order chi connectivity index (χ1) is 7.56. The molecule has 1 aliphatic carbocycles. The summed E-state index contributed by atoms with van der Waals surface area (Å²) in [5.74, 6) is -1.02. The highest BCUT2D eigenvalue weighted by Crippen LogP contribution is 2.52. The fourth-order valence-electron chi connectivity index (χ4n) is 2.12. The summed E-state index contributed by atoms with van der Waals surface area (Å²) in [6, 6.07) is 6.80. The van der Waals surface area contributed by atoms with Crippen LogP contribution in [0.2, 0.25) is 0 Å². The van der Waals surface area contributed by atoms with E-state index in [1.165, 1.54) is 0 Å². The third-order valence-electron chi connectivity index (χ3n) is 3.30. The van der Waals surface area contributed by atoms with Gasteiger partial charge in [0.05, 0.1) is 0 Å². The number of aliphatic carboxylic acids is 1. The molecule has 16 heavy (non-hydrogen) atoms. The lowest BCUT2D eigenvalue weighted by molar-refractivity contribution is -0.161. The van der Waals surface area contributed by atoms with Crippen LogP contribution in [0.15, 0.2) is 28.7 Å². The molecule has 4 heteroatoms. The third-order valence-corrected chi connectivity index (χ3v) is 3.79. The number of rotatable bonds is 3. The average Bonchev–Trinajstić information content (AvgIpc) is 2.15. The van der Waals surface area contributed by atoms with Gasteiger partial charge in [0, 0.05) is 4.47 Å². The van der Waals surface area contributed by atoms with Crippen LogP contribution in [0.4, 0.5) is 4.39 Å². The summed E-state index contributed by atoms with van der Waals surface area (Å²) in [6.07, 6.45) is 0.225. The molecule has 86 valence electrons. The van der Waals surface area contributed by atoms with Gasteiger partial charge in [-0.25, -0.2) is 4.39 Å². The van der Waals surface area contributed by atoms with E-state index in [2.05, 4.69) is 15.9 Å². The molecule has 1 aromatic carbocycles. The second kappa shape index (κ2) is 4.17. The van der Waals surface area contributed by atoms with E-state index in [0.29, 0.717) is 18.4 Å². The van der Waals surface area contributed by atoms with E-state index in [1.54, 1.807) is 24.3 Å². The minimum Gasteiger partial charge on any atom is -0.481 e. The van der Waals surface area contributed by atoms with Crippen molar-refractivity contribution < 1.29 is 14.3 Å². The normalized spacial score (nSPS) is 19.9. The maximum Gasteiger partial charge on any atom is 0.312 e. The molecule has 0 spiro atoms. The molecule has 1 fully saturated rings. The van der Waals surface area contributed by atoms with E-state index >= 15 is 0 Å². The van der Waals surface area contributed by atoms with E-state index in [0.717, 1.165) is 10.9 Å². The van der Waals surface area contributed by atoms with Crippen LogP contribution >= 0.6 is 15.9 Å². The Morgan fingerprint density at radius 3 is 2.62 bits per heavy atom. The molecule has 0 aromatic heterocycles. The predicted octanol–water partition coefficient (Wildman–Crippen LogP) is 3.71. The third kappa shape index (κ3) is 1.75. The zero-order valence-corrected chi connectivity index (χ0v) is 10.2. The lowest BCUT2D eigenvalue weighted by atomic mass is 9.64. The molecular formula is C12H12BrFO2. The van der Waals surface area contributed by atoms with Gasteiger partial charge in [-0.05, 0) is 30.5 Å². The Bertz CT molecular complexity index is 415. The highest BCUT2D eigenvalue weighted by Gasteiger charge is 2.51. The highest BCUT2D eigenvalue weighted by molar-refractivity contribution is 9.10. The molecule has 1 unspecified atom stereocenters. The Balaban J connectivity index is 2.30. The molecule has 2 rings (SSSR count). The summed E-state index contributed by atoms with van der Waals surface area (Å²) in [5, 5.41) is 9.13. The fraction of sp³-hybridized carbons (Fsp3) is 0.417. The molecule has 1 N–H and O–H groups in total. The topological polar surface area (TPSA) is 37.3 Å². The van der Waals surface area contributed by atoms with Crippen LogP contribution in [-0.4, -0.2) is 11.1 Å². The molecule has 0 bridgehead atoms. The second-order valence-electron chi connectivity index (χ2n) is 4.23. The minimum atomic E-state index is -1.42. The van der Waals surface area contributed by atoms with Gasteiger partial charge in [-0.1, -0.05) is 34.5 Å². The summed E-state index contributed by atoms with van der Waals surface area (Å²) in [5.41, 5.74) is -0.752. The molecule has 2 nitrogen and oxygen atoms in total. The number of hydrogen-bond donors (Lipinski definition) is 1. The molecule has 1 atom stereocenters. The summed E-state index contributed by atoms with van der Waals surface area (Å²) in [4.78, 5) is 11.2. The van der Waals surface area contributed by atoms with Gasteiger partial charge in [0.1, 0.15) is 11.6 Å². The van der Waals surface area contributed by atoms with Gasteiger partial charge in [-0.2, -0.15) is 0 Å². The molecule has 0 saturated heterocycles. The fourth-order valence-corrected chi connectivity index (χ4v) is 2.53. The van der Waals surface area contributed by atoms with Crippen LogP contribution < -0.4 is 0 Å². The van der Waals surface area contributed by atoms with Crippen molar-refractivity contribution in [3.63, 3.8) is 0 Å². The number of carboxylic acids is 1. The number of halogens is 2. The van der Waals surface area contributed by atoms with Crippen molar-refractivity contribution in [2.45, 2.75) is 25.4 Å². The zero-order chi connectivity index (χ0) is 11.8. The van der Waals surface area contributed by atoms with E-state index in [9.17, 15) is 9.18 Å². The van der Waals surface area contributed by atoms with E-state index in [-0.39, 0.29) is 0 Å². The molecular weight excluding hydrogens is 275 g/mol. The van der Waals surface area contributed by atoms with E-state index in [1.807, 2.05) is 0 Å². The largest absolute Gasteiger partial charge is 0.481 e. The van der Waals surface area contributed by atoms with Crippen LogP contribution in [0.3, 0.4) is 0 Å². The van der Waals surface area contributed by atoms with Crippen LogP contribution in [0.5, 0.6) is 0 Å². The summed E-state index contributed by atoms with van der Waals surface area (Å²) in [7, 11) is 0. The summed E-state index contributed by atoms with van der Waals surface area (Å²) < 4.78 is 15.0. The number of carbonyl (C=O) groups is 1. The van der Waals surface area contributed by atoms with Crippen molar-refractivity contribution in [1.82, 2.24) is 0 Å². The van der Waals surface area contributed by atoms with Crippen LogP contribution in [0.25, 0.3) is 0 Å². The smallest absolute Gasteiger partial charge is 0.312 e. The van der Waals surface area contributed by atoms with Gasteiger partial charge >= 0.3 is 5.97 Å². The minimum absolute atomic E-state index is 0.427. The van der Waals surface area contributed by atoms with Gasteiger partial charge in [0.25, 0.3) is 0 Å². The van der Waals surface area contributed by atoms with Gasteiger partial charge in [-0.15, -0.1) is 0 Å². The zero-order valence-electron chi connectivity index (χ0n) is 8.62. The Kier molecular flexibility index (Phi) is 3.02. The molecule has 0 heterocycles. The molecule has 0 amide bonds. The van der Waals surface area contributed by atoms with Gasteiger partial charge in [0.2, 0.25) is 0 Å². The molecule has 0 radical (unpaired) electrons. The van der Waals surface area contributed by atoms with Gasteiger partial charge < -0.3 is 5.11 Å². The predicted molar refractivity (Wildman–Crippen MR) is 61.9 cm³/mol. The van der Waals surface area contributed by atoms with Crippen molar-refractivity contribution in [1.29, 1.82) is 0 Å². The molecule has 1 saturated carbocycles. The average molecular weight is 287 g/mol. The first kappa shape index (κ1) is 11.6. The Labute approximate surface area is 102 Å². The van der Waals surface area contributed by atoms with Gasteiger partial charge in [0.15, 0.2) is 0 Å². The van der Waals surface area contributed by atoms with Gasteiger partial charge in [-0.3, -0.25) is 4.79 Å².